The number of nitrogen functional groups attached to an aromatic ring is 2. The van der Waals surface area contributed by atoms with Crippen LogP contribution in [0.25, 0.3) is 0 Å². The molecule has 0 amide bonds. The number of nitrogens with two attached hydrogens (primary N) is 2. The minimum absolute atomic E-state index is 0. The molecule has 2 aromatic rings. The lowest BCUT2D eigenvalue weighted by Gasteiger charge is -1.97. The van der Waals surface area contributed by atoms with Crippen LogP contribution in [0.4, 0.5) is 22.5 Å². The van der Waals surface area contributed by atoms with Crippen molar-refractivity contribution in [1.29, 1.82) is 0 Å². The number of nitrogens with zero attached hydrogens (tertiary/aromatic N) is 4. The Hall–Kier alpha value is -2.06. The molecule has 2 aromatic heterocycles. The summed E-state index contributed by atoms with van der Waals surface area (Å²) in [5.74, 6) is 0.621. The summed E-state index contributed by atoms with van der Waals surface area (Å²) in [4.78, 5) is 7.81. The normalized spacial score (nSPS) is 10.2. The van der Waals surface area contributed by atoms with E-state index in [4.69, 9.17) is 11.5 Å². The van der Waals surface area contributed by atoms with E-state index in [0.29, 0.717) is 16.6 Å². The monoisotopic (exact) mass is 238 g/mol. The quantitative estimate of drug-likeness (QED) is 0.762. The van der Waals surface area contributed by atoms with E-state index < -0.39 is 0 Å². The Bertz CT molecular complexity index is 483. The van der Waals surface area contributed by atoms with Gasteiger partial charge in [0.2, 0.25) is 5.13 Å². The van der Waals surface area contributed by atoms with Crippen LogP contribution in [-0.4, -0.2) is 15.4 Å². The number of pyridine rings is 1. The van der Waals surface area contributed by atoms with Crippen LogP contribution in [0.3, 0.4) is 0 Å². The SMILES string of the molecule is Nc1ccc(N=Nc2nccs2)c(N)n1.O. The summed E-state index contributed by atoms with van der Waals surface area (Å²) >= 11 is 1.39. The number of hydrogen-bond acceptors (Lipinski definition) is 7. The minimum atomic E-state index is 0. The van der Waals surface area contributed by atoms with E-state index in [1.165, 1.54) is 11.3 Å². The van der Waals surface area contributed by atoms with E-state index in [1.807, 2.05) is 5.38 Å². The summed E-state index contributed by atoms with van der Waals surface area (Å²) in [5.41, 5.74) is 11.5. The van der Waals surface area contributed by atoms with Crippen molar-refractivity contribution >= 4 is 33.8 Å². The van der Waals surface area contributed by atoms with Gasteiger partial charge in [-0.15, -0.1) is 21.6 Å². The smallest absolute Gasteiger partial charge is 0.229 e. The van der Waals surface area contributed by atoms with Crippen LogP contribution < -0.4 is 11.5 Å². The second-order valence-electron chi connectivity index (χ2n) is 2.66. The standard InChI is InChI=1S/C8H8N6S.H2O/c9-6-2-1-5(7(10)12-6)13-14-8-11-3-4-15-8;/h1-4H,(H4,9,10,12);1H2. The van der Waals surface area contributed by atoms with Gasteiger partial charge in [0.25, 0.3) is 0 Å². The average Bonchev–Trinajstić information content (AvgIpc) is 2.69. The predicted molar refractivity (Wildman–Crippen MR) is 63.0 cm³/mol. The van der Waals surface area contributed by atoms with E-state index in [9.17, 15) is 0 Å². The summed E-state index contributed by atoms with van der Waals surface area (Å²) in [6, 6.07) is 3.28. The van der Waals surface area contributed by atoms with Crippen molar-refractivity contribution in [3.05, 3.63) is 23.7 Å². The van der Waals surface area contributed by atoms with Crippen molar-refractivity contribution in [2.75, 3.05) is 11.5 Å². The van der Waals surface area contributed by atoms with E-state index in [0.717, 1.165) is 0 Å². The van der Waals surface area contributed by atoms with Gasteiger partial charge in [-0.1, -0.05) is 0 Å². The van der Waals surface area contributed by atoms with Gasteiger partial charge in [0.05, 0.1) is 0 Å². The molecule has 0 aliphatic carbocycles. The molecule has 0 aliphatic rings. The van der Waals surface area contributed by atoms with Gasteiger partial charge in [-0.2, -0.15) is 0 Å². The number of aromatic nitrogens is 2. The van der Waals surface area contributed by atoms with Crippen LogP contribution in [0.2, 0.25) is 0 Å². The molecule has 16 heavy (non-hydrogen) atoms. The lowest BCUT2D eigenvalue weighted by Crippen LogP contribution is -1.95. The summed E-state index contributed by atoms with van der Waals surface area (Å²) in [7, 11) is 0. The zero-order chi connectivity index (χ0) is 10.7. The third-order valence-electron chi connectivity index (χ3n) is 1.59. The van der Waals surface area contributed by atoms with Gasteiger partial charge in [0.15, 0.2) is 5.82 Å². The van der Waals surface area contributed by atoms with Crippen LogP contribution in [0.15, 0.2) is 33.9 Å². The van der Waals surface area contributed by atoms with Crippen molar-refractivity contribution in [2.45, 2.75) is 0 Å². The summed E-state index contributed by atoms with van der Waals surface area (Å²) in [5, 5.41) is 10.2. The van der Waals surface area contributed by atoms with E-state index in [2.05, 4.69) is 20.2 Å². The number of anilines is 2. The Balaban J connectivity index is 0.00000128. The Kier molecular flexibility index (Phi) is 3.86. The number of rotatable bonds is 2. The molecular formula is C8H10N6OS. The number of thiazole rings is 1. The van der Waals surface area contributed by atoms with Gasteiger partial charge < -0.3 is 16.9 Å². The van der Waals surface area contributed by atoms with Crippen molar-refractivity contribution in [1.82, 2.24) is 9.97 Å². The first-order chi connectivity index (χ1) is 7.25. The molecule has 84 valence electrons. The van der Waals surface area contributed by atoms with Gasteiger partial charge in [0.1, 0.15) is 11.5 Å². The van der Waals surface area contributed by atoms with Crippen LogP contribution in [0, 0.1) is 0 Å². The molecule has 2 heterocycles. The molecule has 0 radical (unpaired) electrons. The molecule has 0 atom stereocenters. The molecule has 7 nitrogen and oxygen atoms in total. The van der Waals surface area contributed by atoms with Gasteiger partial charge in [-0.3, -0.25) is 0 Å². The van der Waals surface area contributed by atoms with Crippen LogP contribution in [0.5, 0.6) is 0 Å². The maximum absolute atomic E-state index is 5.60. The molecular weight excluding hydrogens is 228 g/mol. The van der Waals surface area contributed by atoms with Gasteiger partial charge >= 0.3 is 0 Å². The Morgan fingerprint density at radius 3 is 2.62 bits per heavy atom. The molecule has 0 spiro atoms. The lowest BCUT2D eigenvalue weighted by molar-refractivity contribution is 0.824. The second kappa shape index (κ2) is 5.14. The van der Waals surface area contributed by atoms with Gasteiger partial charge in [-0.05, 0) is 12.1 Å². The lowest BCUT2D eigenvalue weighted by atomic mass is 10.4. The Morgan fingerprint density at radius 2 is 2.00 bits per heavy atom. The molecule has 0 aliphatic heterocycles. The zero-order valence-electron chi connectivity index (χ0n) is 8.16. The fraction of sp³-hybridized carbons (Fsp3) is 0. The maximum Gasteiger partial charge on any atom is 0.229 e. The van der Waals surface area contributed by atoms with Crippen LogP contribution in [0.1, 0.15) is 0 Å². The first-order valence-electron chi connectivity index (χ1n) is 4.09. The number of hydrogen-bond donors (Lipinski definition) is 2. The molecule has 0 bridgehead atoms. The molecule has 0 aromatic carbocycles. The highest BCUT2D eigenvalue weighted by Gasteiger charge is 1.99. The molecule has 6 N–H and O–H groups in total. The second-order valence-corrected chi connectivity index (χ2v) is 3.53. The highest BCUT2D eigenvalue weighted by Crippen LogP contribution is 2.24. The molecule has 0 saturated heterocycles. The minimum Gasteiger partial charge on any atom is -0.412 e. The molecule has 0 saturated carbocycles. The Morgan fingerprint density at radius 1 is 1.19 bits per heavy atom. The largest absolute Gasteiger partial charge is 0.412 e. The van der Waals surface area contributed by atoms with Crippen molar-refractivity contribution in [3.63, 3.8) is 0 Å². The van der Waals surface area contributed by atoms with E-state index >= 15 is 0 Å². The topological polar surface area (TPSA) is 134 Å². The van der Waals surface area contributed by atoms with Gasteiger partial charge in [-0.25, -0.2) is 9.97 Å². The molecule has 8 heteroatoms. The van der Waals surface area contributed by atoms with E-state index in [-0.39, 0.29) is 11.3 Å². The van der Waals surface area contributed by atoms with E-state index in [1.54, 1.807) is 18.3 Å². The molecule has 2 rings (SSSR count). The maximum atomic E-state index is 5.60. The highest BCUT2D eigenvalue weighted by molar-refractivity contribution is 7.13. The van der Waals surface area contributed by atoms with Crippen molar-refractivity contribution in [2.24, 2.45) is 10.2 Å². The predicted octanol–water partition coefficient (Wildman–Crippen LogP) is 1.29. The van der Waals surface area contributed by atoms with Crippen LogP contribution >= 0.6 is 11.3 Å². The average molecular weight is 238 g/mol. The van der Waals surface area contributed by atoms with Gasteiger partial charge in [0, 0.05) is 11.6 Å². The third-order valence-corrected chi connectivity index (χ3v) is 2.24. The highest BCUT2D eigenvalue weighted by atomic mass is 32.1. The molecule has 0 unspecified atom stereocenters. The Labute approximate surface area is 95.2 Å². The summed E-state index contributed by atoms with van der Waals surface area (Å²) in [6.45, 7) is 0. The third kappa shape index (κ3) is 2.72. The zero-order valence-corrected chi connectivity index (χ0v) is 8.98. The fourth-order valence-corrected chi connectivity index (χ4v) is 1.38. The first-order valence-corrected chi connectivity index (χ1v) is 4.97. The number of azo groups is 1. The summed E-state index contributed by atoms with van der Waals surface area (Å²) < 4.78 is 0. The fourth-order valence-electron chi connectivity index (χ4n) is 0.930. The van der Waals surface area contributed by atoms with Crippen molar-refractivity contribution < 1.29 is 5.48 Å². The molecule has 0 fully saturated rings. The first kappa shape index (κ1) is 12.0. The van der Waals surface area contributed by atoms with Crippen LogP contribution in [-0.2, 0) is 0 Å². The van der Waals surface area contributed by atoms with Crippen molar-refractivity contribution in [3.8, 4) is 0 Å². The summed E-state index contributed by atoms with van der Waals surface area (Å²) in [6.07, 6.45) is 1.66.